The molecule has 2 aromatic carbocycles. The minimum absolute atomic E-state index is 0.0738. The van der Waals surface area contributed by atoms with E-state index in [0.717, 1.165) is 0 Å². The van der Waals surface area contributed by atoms with Crippen molar-refractivity contribution >= 4 is 17.4 Å². The lowest BCUT2D eigenvalue weighted by Gasteiger charge is -2.09. The Labute approximate surface area is 128 Å². The van der Waals surface area contributed by atoms with Crippen LogP contribution >= 0.6 is 0 Å². The Morgan fingerprint density at radius 1 is 1.18 bits per heavy atom. The summed E-state index contributed by atoms with van der Waals surface area (Å²) in [5.74, 6) is -0.0821. The van der Waals surface area contributed by atoms with Gasteiger partial charge in [0.2, 0.25) is 0 Å². The Balaban J connectivity index is 1.98. The van der Waals surface area contributed by atoms with E-state index in [2.05, 4.69) is 5.32 Å². The molecule has 0 aromatic heterocycles. The molecule has 110 valence electrons. The lowest BCUT2D eigenvalue weighted by molar-refractivity contribution is -0.118. The molecule has 5 heteroatoms. The summed E-state index contributed by atoms with van der Waals surface area (Å²) in [6.07, 6.45) is 0. The van der Waals surface area contributed by atoms with Gasteiger partial charge in [-0.1, -0.05) is 24.3 Å². The maximum Gasteiger partial charge on any atom is 0.262 e. The van der Waals surface area contributed by atoms with Gasteiger partial charge in [0.1, 0.15) is 11.8 Å². The second kappa shape index (κ2) is 7.04. The monoisotopic (exact) mass is 294 g/mol. The van der Waals surface area contributed by atoms with Gasteiger partial charge in [-0.25, -0.2) is 0 Å². The van der Waals surface area contributed by atoms with Gasteiger partial charge in [0.05, 0.1) is 5.56 Å². The van der Waals surface area contributed by atoms with E-state index in [1.807, 2.05) is 6.07 Å². The molecular formula is C17H14N2O3. The Bertz CT molecular complexity index is 748. The maximum atomic E-state index is 11.9. The third-order valence-corrected chi connectivity index (χ3v) is 2.92. The standard InChI is InChI=1S/C17H14N2O3/c1-12(20)13-6-4-7-15(9-13)19-17(21)11-22-16-8-3-2-5-14(16)10-18/h2-9H,11H2,1H3,(H,19,21). The molecule has 0 atom stereocenters. The normalized spacial score (nSPS) is 9.64. The number of carbonyl (C=O) groups is 2. The van der Waals surface area contributed by atoms with Crippen LogP contribution in [0.3, 0.4) is 0 Å². The summed E-state index contributed by atoms with van der Waals surface area (Å²) >= 11 is 0. The second-order valence-electron chi connectivity index (χ2n) is 4.58. The van der Waals surface area contributed by atoms with Crippen molar-refractivity contribution < 1.29 is 14.3 Å². The molecule has 0 unspecified atom stereocenters. The molecule has 0 saturated carbocycles. The molecule has 1 N–H and O–H groups in total. The van der Waals surface area contributed by atoms with E-state index in [9.17, 15) is 9.59 Å². The van der Waals surface area contributed by atoms with Crippen LogP contribution in [-0.4, -0.2) is 18.3 Å². The van der Waals surface area contributed by atoms with Crippen LogP contribution in [0.4, 0.5) is 5.69 Å². The minimum atomic E-state index is -0.367. The van der Waals surface area contributed by atoms with Crippen LogP contribution in [0.5, 0.6) is 5.75 Å². The number of rotatable bonds is 5. The predicted molar refractivity (Wildman–Crippen MR) is 81.7 cm³/mol. The first-order valence-corrected chi connectivity index (χ1v) is 6.63. The molecule has 0 heterocycles. The zero-order chi connectivity index (χ0) is 15.9. The summed E-state index contributed by atoms with van der Waals surface area (Å²) in [7, 11) is 0. The van der Waals surface area contributed by atoms with Crippen LogP contribution < -0.4 is 10.1 Å². The first-order valence-electron chi connectivity index (χ1n) is 6.63. The predicted octanol–water partition coefficient (Wildman–Crippen LogP) is 2.78. The zero-order valence-corrected chi connectivity index (χ0v) is 12.0. The van der Waals surface area contributed by atoms with E-state index < -0.39 is 0 Å². The number of nitriles is 1. The third-order valence-electron chi connectivity index (χ3n) is 2.92. The van der Waals surface area contributed by atoms with Crippen LogP contribution in [0.15, 0.2) is 48.5 Å². The largest absolute Gasteiger partial charge is 0.482 e. The summed E-state index contributed by atoms with van der Waals surface area (Å²) in [5, 5.41) is 11.6. The van der Waals surface area contributed by atoms with Gasteiger partial charge in [-0.3, -0.25) is 9.59 Å². The van der Waals surface area contributed by atoms with Crippen LogP contribution in [0, 0.1) is 11.3 Å². The van der Waals surface area contributed by atoms with Gasteiger partial charge in [-0.05, 0) is 31.2 Å². The SMILES string of the molecule is CC(=O)c1cccc(NC(=O)COc2ccccc2C#N)c1. The van der Waals surface area contributed by atoms with Gasteiger partial charge in [0, 0.05) is 11.3 Å². The van der Waals surface area contributed by atoms with E-state index in [-0.39, 0.29) is 18.3 Å². The zero-order valence-electron chi connectivity index (χ0n) is 12.0. The molecule has 0 spiro atoms. The fourth-order valence-corrected chi connectivity index (χ4v) is 1.84. The van der Waals surface area contributed by atoms with Crippen LogP contribution in [0.25, 0.3) is 0 Å². The van der Waals surface area contributed by atoms with Gasteiger partial charge in [-0.15, -0.1) is 0 Å². The van der Waals surface area contributed by atoms with Gasteiger partial charge in [-0.2, -0.15) is 5.26 Å². The highest BCUT2D eigenvalue weighted by molar-refractivity contribution is 5.97. The highest BCUT2D eigenvalue weighted by atomic mass is 16.5. The molecule has 1 amide bonds. The topological polar surface area (TPSA) is 79.2 Å². The first-order chi connectivity index (χ1) is 10.6. The maximum absolute atomic E-state index is 11.9. The number of benzene rings is 2. The Morgan fingerprint density at radius 3 is 2.68 bits per heavy atom. The molecule has 2 rings (SSSR count). The Morgan fingerprint density at radius 2 is 1.95 bits per heavy atom. The number of Topliss-reactive ketones (excluding diaryl/α,β-unsaturated/α-hetero) is 1. The lowest BCUT2D eigenvalue weighted by atomic mass is 10.1. The summed E-state index contributed by atoms with van der Waals surface area (Å²) < 4.78 is 5.34. The second-order valence-corrected chi connectivity index (χ2v) is 4.58. The first kappa shape index (κ1) is 15.3. The Hall–Kier alpha value is -3.13. The molecule has 22 heavy (non-hydrogen) atoms. The van der Waals surface area contributed by atoms with Crippen molar-refractivity contribution in [3.05, 3.63) is 59.7 Å². The van der Waals surface area contributed by atoms with Crippen molar-refractivity contribution in [3.63, 3.8) is 0 Å². The molecule has 5 nitrogen and oxygen atoms in total. The van der Waals surface area contributed by atoms with Crippen molar-refractivity contribution in [1.82, 2.24) is 0 Å². The number of anilines is 1. The van der Waals surface area contributed by atoms with Crippen molar-refractivity contribution in [2.75, 3.05) is 11.9 Å². The van der Waals surface area contributed by atoms with Crippen molar-refractivity contribution in [2.24, 2.45) is 0 Å². The van der Waals surface area contributed by atoms with Crippen molar-refractivity contribution in [3.8, 4) is 11.8 Å². The summed E-state index contributed by atoms with van der Waals surface area (Å²) in [6, 6.07) is 15.3. The number of ether oxygens (including phenoxy) is 1. The number of para-hydroxylation sites is 1. The van der Waals surface area contributed by atoms with Crippen LogP contribution in [-0.2, 0) is 4.79 Å². The van der Waals surface area contributed by atoms with Crippen LogP contribution in [0.2, 0.25) is 0 Å². The number of carbonyl (C=O) groups excluding carboxylic acids is 2. The third kappa shape index (κ3) is 3.93. The minimum Gasteiger partial charge on any atom is -0.482 e. The lowest BCUT2D eigenvalue weighted by Crippen LogP contribution is -2.20. The molecule has 0 fully saturated rings. The quantitative estimate of drug-likeness (QED) is 0.860. The number of hydrogen-bond acceptors (Lipinski definition) is 4. The highest BCUT2D eigenvalue weighted by Crippen LogP contribution is 2.16. The van der Waals surface area contributed by atoms with E-state index in [1.165, 1.54) is 6.92 Å². The number of amides is 1. The van der Waals surface area contributed by atoms with E-state index in [0.29, 0.717) is 22.6 Å². The van der Waals surface area contributed by atoms with Crippen molar-refractivity contribution in [2.45, 2.75) is 6.92 Å². The van der Waals surface area contributed by atoms with Gasteiger partial charge in [0.25, 0.3) is 5.91 Å². The number of nitrogens with one attached hydrogen (secondary N) is 1. The van der Waals surface area contributed by atoms with Gasteiger partial charge < -0.3 is 10.1 Å². The molecule has 0 saturated heterocycles. The molecule has 0 radical (unpaired) electrons. The van der Waals surface area contributed by atoms with E-state index in [4.69, 9.17) is 10.00 Å². The summed E-state index contributed by atoms with van der Waals surface area (Å²) in [5.41, 5.74) is 1.41. The van der Waals surface area contributed by atoms with Gasteiger partial charge in [0.15, 0.2) is 12.4 Å². The number of hydrogen-bond donors (Lipinski definition) is 1. The molecule has 0 bridgehead atoms. The van der Waals surface area contributed by atoms with E-state index in [1.54, 1.807) is 48.5 Å². The van der Waals surface area contributed by atoms with E-state index >= 15 is 0 Å². The summed E-state index contributed by atoms with van der Waals surface area (Å²) in [4.78, 5) is 23.2. The molecule has 2 aromatic rings. The number of ketones is 1. The molecule has 0 aliphatic carbocycles. The fourth-order valence-electron chi connectivity index (χ4n) is 1.84. The molecule has 0 aliphatic heterocycles. The highest BCUT2D eigenvalue weighted by Gasteiger charge is 2.07. The molecule has 0 aliphatic rings. The fraction of sp³-hybridized carbons (Fsp3) is 0.118. The Kier molecular flexibility index (Phi) is 4.89. The van der Waals surface area contributed by atoms with Crippen LogP contribution in [0.1, 0.15) is 22.8 Å². The average molecular weight is 294 g/mol. The smallest absolute Gasteiger partial charge is 0.262 e. The van der Waals surface area contributed by atoms with Crippen molar-refractivity contribution in [1.29, 1.82) is 5.26 Å². The number of nitrogens with zero attached hydrogens (tertiary/aromatic N) is 1. The summed E-state index contributed by atoms with van der Waals surface area (Å²) in [6.45, 7) is 1.24. The van der Waals surface area contributed by atoms with Gasteiger partial charge >= 0.3 is 0 Å². The molecular weight excluding hydrogens is 280 g/mol. The average Bonchev–Trinajstić information content (AvgIpc) is 2.53.